The van der Waals surface area contributed by atoms with Gasteiger partial charge in [0.05, 0.1) is 5.92 Å². The molecule has 6 heteroatoms. The van der Waals surface area contributed by atoms with Crippen LogP contribution in [-0.2, 0) is 20.8 Å². The second kappa shape index (κ2) is 13.1. The molecule has 0 aromatic heterocycles. The maximum atomic E-state index is 12.8. The summed E-state index contributed by atoms with van der Waals surface area (Å²) >= 11 is 0. The number of hydrogen-bond donors (Lipinski definition) is 3. The van der Waals surface area contributed by atoms with E-state index in [9.17, 15) is 14.4 Å². The number of Topliss-reactive ketones (excluding diaryl/α,β-unsaturated/α-hetero) is 1. The van der Waals surface area contributed by atoms with Crippen molar-refractivity contribution in [3.05, 3.63) is 35.9 Å². The van der Waals surface area contributed by atoms with Crippen LogP contribution in [0.1, 0.15) is 58.4 Å². The van der Waals surface area contributed by atoms with Gasteiger partial charge in [0.25, 0.3) is 0 Å². The minimum absolute atomic E-state index is 0.115. The molecule has 0 fully saturated rings. The third-order valence-electron chi connectivity index (χ3n) is 5.21. The van der Waals surface area contributed by atoms with Gasteiger partial charge in [-0.2, -0.15) is 0 Å². The molecule has 0 radical (unpaired) electrons. The van der Waals surface area contributed by atoms with Crippen LogP contribution >= 0.6 is 0 Å². The number of benzene rings is 1. The first kappa shape index (κ1) is 24.8. The van der Waals surface area contributed by atoms with Crippen molar-refractivity contribution in [3.63, 3.8) is 0 Å². The fourth-order valence-corrected chi connectivity index (χ4v) is 3.54. The van der Waals surface area contributed by atoms with Crippen LogP contribution in [0.2, 0.25) is 0 Å². The molecular formula is C23H37N3O3. The van der Waals surface area contributed by atoms with Gasteiger partial charge in [0.1, 0.15) is 5.78 Å². The van der Waals surface area contributed by atoms with Gasteiger partial charge >= 0.3 is 0 Å². The zero-order chi connectivity index (χ0) is 21.8. The van der Waals surface area contributed by atoms with Gasteiger partial charge < -0.3 is 16.8 Å². The largest absolute Gasteiger partial charge is 0.369 e. The SMILES string of the molecule is CC(C)C[C@@H](C(N)=O)C(C)NC(=O)[C@H](CCCN)CCC(=O)Cc1ccccc1. The van der Waals surface area contributed by atoms with E-state index in [-0.39, 0.29) is 23.7 Å². The Hall–Kier alpha value is -2.21. The first-order valence-electron chi connectivity index (χ1n) is 10.6. The number of nitrogens with one attached hydrogen (secondary N) is 1. The second-order valence-corrected chi connectivity index (χ2v) is 8.30. The predicted molar refractivity (Wildman–Crippen MR) is 116 cm³/mol. The number of nitrogens with two attached hydrogens (primary N) is 2. The van der Waals surface area contributed by atoms with Gasteiger partial charge in [0.15, 0.2) is 0 Å². The van der Waals surface area contributed by atoms with Crippen molar-refractivity contribution >= 4 is 17.6 Å². The molecule has 0 spiro atoms. The first-order chi connectivity index (χ1) is 13.7. The molecule has 0 aliphatic carbocycles. The minimum Gasteiger partial charge on any atom is -0.369 e. The summed E-state index contributed by atoms with van der Waals surface area (Å²) in [4.78, 5) is 37.0. The smallest absolute Gasteiger partial charge is 0.223 e. The minimum atomic E-state index is -0.408. The Kier molecular flexibility index (Phi) is 11.2. The Morgan fingerprint density at radius 3 is 2.24 bits per heavy atom. The van der Waals surface area contributed by atoms with E-state index in [4.69, 9.17) is 11.5 Å². The number of carbonyl (C=O) groups excluding carboxylic acids is 3. The quantitative estimate of drug-likeness (QED) is 0.443. The van der Waals surface area contributed by atoms with Crippen LogP contribution < -0.4 is 16.8 Å². The lowest BCUT2D eigenvalue weighted by atomic mass is 9.89. The highest BCUT2D eigenvalue weighted by atomic mass is 16.2. The third kappa shape index (κ3) is 9.70. The van der Waals surface area contributed by atoms with E-state index in [1.807, 2.05) is 51.1 Å². The predicted octanol–water partition coefficient (Wildman–Crippen LogP) is 2.59. The molecule has 1 aromatic rings. The Morgan fingerprint density at radius 2 is 1.69 bits per heavy atom. The molecule has 2 amide bonds. The molecule has 5 N–H and O–H groups in total. The lowest BCUT2D eigenvalue weighted by Crippen LogP contribution is -2.46. The topological polar surface area (TPSA) is 115 Å². The maximum Gasteiger partial charge on any atom is 0.223 e. The van der Waals surface area contributed by atoms with Gasteiger partial charge in [-0.3, -0.25) is 14.4 Å². The van der Waals surface area contributed by atoms with Crippen molar-refractivity contribution in [3.8, 4) is 0 Å². The Balaban J connectivity index is 2.66. The number of carbonyl (C=O) groups is 3. The van der Waals surface area contributed by atoms with Crippen LogP contribution in [0.15, 0.2) is 30.3 Å². The van der Waals surface area contributed by atoms with Crippen molar-refractivity contribution in [2.75, 3.05) is 6.54 Å². The van der Waals surface area contributed by atoms with Crippen molar-refractivity contribution in [1.82, 2.24) is 5.32 Å². The molecule has 3 atom stereocenters. The highest BCUT2D eigenvalue weighted by molar-refractivity contribution is 5.84. The fraction of sp³-hybridized carbons (Fsp3) is 0.609. The Morgan fingerprint density at radius 1 is 1.03 bits per heavy atom. The van der Waals surface area contributed by atoms with E-state index in [0.29, 0.717) is 51.0 Å². The molecule has 29 heavy (non-hydrogen) atoms. The van der Waals surface area contributed by atoms with E-state index in [0.717, 1.165) is 5.56 Å². The molecule has 162 valence electrons. The highest BCUT2D eigenvalue weighted by Gasteiger charge is 2.28. The standard InChI is InChI=1S/C23H37N3O3/c1-16(2)14-21(22(25)28)17(3)26-23(29)19(10-7-13-24)11-12-20(27)15-18-8-5-4-6-9-18/h4-6,8-9,16-17,19,21H,7,10-15,24H2,1-3H3,(H2,25,28)(H,26,29)/t17?,19-,21-/m1/s1. The van der Waals surface area contributed by atoms with E-state index in [1.54, 1.807) is 0 Å². The van der Waals surface area contributed by atoms with Crippen molar-refractivity contribution < 1.29 is 14.4 Å². The first-order valence-corrected chi connectivity index (χ1v) is 10.6. The molecule has 6 nitrogen and oxygen atoms in total. The Bertz CT molecular complexity index is 646. The number of ketones is 1. The average molecular weight is 404 g/mol. The van der Waals surface area contributed by atoms with Gasteiger partial charge in [-0.25, -0.2) is 0 Å². The molecule has 0 saturated carbocycles. The maximum absolute atomic E-state index is 12.8. The normalized spacial score (nSPS) is 14.2. The third-order valence-corrected chi connectivity index (χ3v) is 5.21. The molecule has 0 aliphatic heterocycles. The zero-order valence-electron chi connectivity index (χ0n) is 18.0. The monoisotopic (exact) mass is 403 g/mol. The van der Waals surface area contributed by atoms with Crippen LogP contribution in [0.25, 0.3) is 0 Å². The average Bonchev–Trinajstić information content (AvgIpc) is 2.66. The van der Waals surface area contributed by atoms with E-state index in [2.05, 4.69) is 5.32 Å². The van der Waals surface area contributed by atoms with Crippen LogP contribution in [-0.4, -0.2) is 30.2 Å². The van der Waals surface area contributed by atoms with Crippen LogP contribution in [0.5, 0.6) is 0 Å². The molecule has 0 bridgehead atoms. The molecule has 1 unspecified atom stereocenters. The molecule has 1 rings (SSSR count). The Labute approximate surface area is 174 Å². The second-order valence-electron chi connectivity index (χ2n) is 8.30. The molecular weight excluding hydrogens is 366 g/mol. The summed E-state index contributed by atoms with van der Waals surface area (Å²) in [5.41, 5.74) is 12.1. The highest BCUT2D eigenvalue weighted by Crippen LogP contribution is 2.19. The van der Waals surface area contributed by atoms with E-state index < -0.39 is 11.8 Å². The van der Waals surface area contributed by atoms with E-state index in [1.165, 1.54) is 0 Å². The van der Waals surface area contributed by atoms with Crippen molar-refractivity contribution in [2.45, 2.75) is 65.3 Å². The molecule has 0 aliphatic rings. The van der Waals surface area contributed by atoms with Gasteiger partial charge in [0, 0.05) is 24.8 Å². The summed E-state index contributed by atoms with van der Waals surface area (Å²) in [6.45, 7) is 6.35. The number of hydrogen-bond acceptors (Lipinski definition) is 4. The molecule has 0 saturated heterocycles. The van der Waals surface area contributed by atoms with Crippen LogP contribution in [0, 0.1) is 17.8 Å². The lowest BCUT2D eigenvalue weighted by Gasteiger charge is -2.26. The number of amides is 2. The van der Waals surface area contributed by atoms with E-state index >= 15 is 0 Å². The number of rotatable bonds is 14. The lowest BCUT2D eigenvalue weighted by molar-refractivity contribution is -0.128. The summed E-state index contributed by atoms with van der Waals surface area (Å²) in [6, 6.07) is 9.25. The summed E-state index contributed by atoms with van der Waals surface area (Å²) in [5.74, 6) is -0.821. The number of primary amides is 1. The van der Waals surface area contributed by atoms with Crippen molar-refractivity contribution in [1.29, 1.82) is 0 Å². The zero-order valence-corrected chi connectivity index (χ0v) is 18.0. The van der Waals surface area contributed by atoms with Gasteiger partial charge in [-0.05, 0) is 50.6 Å². The molecule has 1 aromatic carbocycles. The van der Waals surface area contributed by atoms with Gasteiger partial charge in [0.2, 0.25) is 11.8 Å². The van der Waals surface area contributed by atoms with Crippen LogP contribution in [0.3, 0.4) is 0 Å². The van der Waals surface area contributed by atoms with Crippen LogP contribution in [0.4, 0.5) is 0 Å². The summed E-state index contributed by atoms with van der Waals surface area (Å²) in [6.07, 6.45) is 3.16. The molecule has 0 heterocycles. The fourth-order valence-electron chi connectivity index (χ4n) is 3.54. The summed E-state index contributed by atoms with van der Waals surface area (Å²) < 4.78 is 0. The van der Waals surface area contributed by atoms with Crippen molar-refractivity contribution in [2.24, 2.45) is 29.2 Å². The van der Waals surface area contributed by atoms with Gasteiger partial charge in [-0.15, -0.1) is 0 Å². The van der Waals surface area contributed by atoms with Gasteiger partial charge in [-0.1, -0.05) is 44.2 Å². The summed E-state index contributed by atoms with van der Waals surface area (Å²) in [5, 5.41) is 2.96. The summed E-state index contributed by atoms with van der Waals surface area (Å²) in [7, 11) is 0.